The van der Waals surface area contributed by atoms with Crippen LogP contribution in [0.4, 0.5) is 18.9 Å². The van der Waals surface area contributed by atoms with E-state index in [2.05, 4.69) is 0 Å². The van der Waals surface area contributed by atoms with Crippen molar-refractivity contribution in [2.24, 2.45) is 0 Å². The Morgan fingerprint density at radius 3 is 2.28 bits per heavy atom. The second-order valence-corrected chi connectivity index (χ2v) is 3.80. The van der Waals surface area contributed by atoms with E-state index in [1.807, 2.05) is 0 Å². The summed E-state index contributed by atoms with van der Waals surface area (Å²) in [5.74, 6) is 0. The van der Waals surface area contributed by atoms with Crippen LogP contribution >= 0.6 is 0 Å². The molecule has 0 radical (unpaired) electrons. The molecule has 0 unspecified atom stereocenters. The van der Waals surface area contributed by atoms with Crippen LogP contribution < -0.4 is 4.90 Å². The van der Waals surface area contributed by atoms with Crippen LogP contribution in [0.15, 0.2) is 24.3 Å². The van der Waals surface area contributed by atoms with Crippen molar-refractivity contribution in [3.8, 4) is 0 Å². The van der Waals surface area contributed by atoms with E-state index in [1.54, 1.807) is 11.9 Å². The number of aliphatic hydroxyl groups is 1. The lowest BCUT2D eigenvalue weighted by Gasteiger charge is -2.19. The SMILES string of the molecule is CN(CCOCCO)c1ccc(C(F)(F)F)cc1. The molecule has 0 aliphatic carbocycles. The van der Waals surface area contributed by atoms with E-state index >= 15 is 0 Å². The third-order valence-electron chi connectivity index (χ3n) is 2.44. The fraction of sp³-hybridized carbons (Fsp3) is 0.500. The summed E-state index contributed by atoms with van der Waals surface area (Å²) in [5.41, 5.74) is 0.0341. The average Bonchev–Trinajstić information content (AvgIpc) is 2.33. The number of rotatable bonds is 6. The maximum atomic E-state index is 12.4. The van der Waals surface area contributed by atoms with Crippen molar-refractivity contribution in [3.63, 3.8) is 0 Å². The van der Waals surface area contributed by atoms with Gasteiger partial charge in [0.2, 0.25) is 0 Å². The Morgan fingerprint density at radius 1 is 1.17 bits per heavy atom. The lowest BCUT2D eigenvalue weighted by Crippen LogP contribution is -2.23. The Morgan fingerprint density at radius 2 is 1.78 bits per heavy atom. The molecule has 0 atom stereocenters. The van der Waals surface area contributed by atoms with E-state index < -0.39 is 11.7 Å². The minimum atomic E-state index is -4.30. The zero-order valence-electron chi connectivity index (χ0n) is 10.1. The number of likely N-dealkylation sites (N-methyl/N-ethyl adjacent to an activating group) is 1. The van der Waals surface area contributed by atoms with E-state index in [-0.39, 0.29) is 13.2 Å². The topological polar surface area (TPSA) is 32.7 Å². The number of nitrogens with zero attached hydrogens (tertiary/aromatic N) is 1. The summed E-state index contributed by atoms with van der Waals surface area (Å²) in [6.45, 7) is 1.19. The van der Waals surface area contributed by atoms with Crippen molar-refractivity contribution in [2.75, 3.05) is 38.3 Å². The molecule has 0 heterocycles. The molecule has 0 amide bonds. The average molecular weight is 263 g/mol. The molecule has 0 fully saturated rings. The summed E-state index contributed by atoms with van der Waals surface area (Å²) in [6.07, 6.45) is -4.30. The van der Waals surface area contributed by atoms with Gasteiger partial charge in [-0.15, -0.1) is 0 Å². The summed E-state index contributed by atoms with van der Waals surface area (Å²) in [7, 11) is 1.77. The molecule has 1 aromatic rings. The highest BCUT2D eigenvalue weighted by Crippen LogP contribution is 2.30. The summed E-state index contributed by atoms with van der Waals surface area (Å²) in [4.78, 5) is 1.79. The second-order valence-electron chi connectivity index (χ2n) is 3.80. The van der Waals surface area contributed by atoms with Gasteiger partial charge >= 0.3 is 6.18 Å². The maximum absolute atomic E-state index is 12.4. The highest BCUT2D eigenvalue weighted by molar-refractivity contribution is 5.47. The van der Waals surface area contributed by atoms with Gasteiger partial charge in [0.25, 0.3) is 0 Å². The molecule has 1 rings (SSSR count). The lowest BCUT2D eigenvalue weighted by atomic mass is 10.2. The van der Waals surface area contributed by atoms with Crippen molar-refractivity contribution in [3.05, 3.63) is 29.8 Å². The Labute approximate surface area is 104 Å². The fourth-order valence-corrected chi connectivity index (χ4v) is 1.40. The van der Waals surface area contributed by atoms with Crippen LogP contribution in [0.1, 0.15) is 5.56 Å². The van der Waals surface area contributed by atoms with Gasteiger partial charge in [0, 0.05) is 19.3 Å². The molecule has 3 nitrogen and oxygen atoms in total. The molecule has 0 saturated heterocycles. The van der Waals surface area contributed by atoms with E-state index in [1.165, 1.54) is 12.1 Å². The number of hydrogen-bond donors (Lipinski definition) is 1. The normalized spacial score (nSPS) is 11.6. The predicted molar refractivity (Wildman–Crippen MR) is 62.6 cm³/mol. The van der Waals surface area contributed by atoms with Gasteiger partial charge in [-0.3, -0.25) is 0 Å². The van der Waals surface area contributed by atoms with Crippen LogP contribution in [-0.2, 0) is 10.9 Å². The highest BCUT2D eigenvalue weighted by Gasteiger charge is 2.29. The number of ether oxygens (including phenoxy) is 1. The Kier molecular flexibility index (Phi) is 5.43. The Balaban J connectivity index is 2.51. The molecule has 0 spiro atoms. The van der Waals surface area contributed by atoms with Gasteiger partial charge in [0.1, 0.15) is 0 Å². The van der Waals surface area contributed by atoms with E-state index in [9.17, 15) is 13.2 Å². The van der Waals surface area contributed by atoms with Crippen molar-refractivity contribution >= 4 is 5.69 Å². The van der Waals surface area contributed by atoms with E-state index in [0.717, 1.165) is 12.1 Å². The number of hydrogen-bond acceptors (Lipinski definition) is 3. The number of benzene rings is 1. The number of halogens is 3. The van der Waals surface area contributed by atoms with Crippen molar-refractivity contribution < 1.29 is 23.0 Å². The molecule has 6 heteroatoms. The zero-order valence-corrected chi connectivity index (χ0v) is 10.1. The van der Waals surface area contributed by atoms with E-state index in [4.69, 9.17) is 9.84 Å². The molecule has 18 heavy (non-hydrogen) atoms. The summed E-state index contributed by atoms with van der Waals surface area (Å²) >= 11 is 0. The van der Waals surface area contributed by atoms with Crippen LogP contribution in [-0.4, -0.2) is 38.5 Å². The smallest absolute Gasteiger partial charge is 0.394 e. The summed E-state index contributed by atoms with van der Waals surface area (Å²) < 4.78 is 42.1. The molecule has 0 aliphatic heterocycles. The minimum Gasteiger partial charge on any atom is -0.394 e. The van der Waals surface area contributed by atoms with Gasteiger partial charge in [-0.2, -0.15) is 13.2 Å². The van der Waals surface area contributed by atoms with Crippen molar-refractivity contribution in [2.45, 2.75) is 6.18 Å². The quantitative estimate of drug-likeness (QED) is 0.798. The van der Waals surface area contributed by atoms with Crippen molar-refractivity contribution in [1.82, 2.24) is 0 Å². The third-order valence-corrected chi connectivity index (χ3v) is 2.44. The first kappa shape index (κ1) is 14.8. The second kappa shape index (κ2) is 6.61. The molecule has 1 N–H and O–H groups in total. The minimum absolute atomic E-state index is 0.0377. The molecule has 102 valence electrons. The van der Waals surface area contributed by atoms with Crippen LogP contribution in [0.5, 0.6) is 0 Å². The zero-order chi connectivity index (χ0) is 13.6. The van der Waals surface area contributed by atoms with Gasteiger partial charge in [0.15, 0.2) is 0 Å². The van der Waals surface area contributed by atoms with Crippen LogP contribution in [0.3, 0.4) is 0 Å². The number of anilines is 1. The lowest BCUT2D eigenvalue weighted by molar-refractivity contribution is -0.137. The van der Waals surface area contributed by atoms with Crippen LogP contribution in [0.2, 0.25) is 0 Å². The summed E-state index contributed by atoms with van der Waals surface area (Å²) in [6, 6.07) is 4.96. The molecule has 0 bridgehead atoms. The van der Waals surface area contributed by atoms with Crippen LogP contribution in [0, 0.1) is 0 Å². The first-order chi connectivity index (χ1) is 8.45. The van der Waals surface area contributed by atoms with Gasteiger partial charge in [0.05, 0.1) is 25.4 Å². The number of alkyl halides is 3. The molecule has 0 saturated carbocycles. The van der Waals surface area contributed by atoms with Crippen LogP contribution in [0.25, 0.3) is 0 Å². The standard InChI is InChI=1S/C12H16F3NO2/c1-16(6-8-18-9-7-17)11-4-2-10(3-5-11)12(13,14)15/h2-5,17H,6-9H2,1H3. The van der Waals surface area contributed by atoms with E-state index in [0.29, 0.717) is 18.8 Å². The Bertz CT molecular complexity index is 351. The highest BCUT2D eigenvalue weighted by atomic mass is 19.4. The predicted octanol–water partition coefficient (Wildman–Crippen LogP) is 2.15. The maximum Gasteiger partial charge on any atom is 0.416 e. The largest absolute Gasteiger partial charge is 0.416 e. The monoisotopic (exact) mass is 263 g/mol. The van der Waals surface area contributed by atoms with Gasteiger partial charge in [-0.1, -0.05) is 0 Å². The van der Waals surface area contributed by atoms with Gasteiger partial charge in [-0.25, -0.2) is 0 Å². The van der Waals surface area contributed by atoms with Crippen molar-refractivity contribution in [1.29, 1.82) is 0 Å². The number of aliphatic hydroxyl groups excluding tert-OH is 1. The molecular weight excluding hydrogens is 247 g/mol. The first-order valence-electron chi connectivity index (χ1n) is 5.52. The first-order valence-corrected chi connectivity index (χ1v) is 5.52. The Hall–Kier alpha value is -1.27. The van der Waals surface area contributed by atoms with Gasteiger partial charge < -0.3 is 14.7 Å². The summed E-state index contributed by atoms with van der Waals surface area (Å²) in [5, 5.41) is 8.51. The molecular formula is C12H16F3NO2. The molecule has 1 aromatic carbocycles. The molecule has 0 aromatic heterocycles. The fourth-order valence-electron chi connectivity index (χ4n) is 1.40. The third kappa shape index (κ3) is 4.54. The van der Waals surface area contributed by atoms with Gasteiger partial charge in [-0.05, 0) is 24.3 Å². The molecule has 0 aliphatic rings.